The van der Waals surface area contributed by atoms with Crippen LogP contribution in [-0.2, 0) is 6.42 Å². The summed E-state index contributed by atoms with van der Waals surface area (Å²) in [5.41, 5.74) is 8.19. The predicted octanol–water partition coefficient (Wildman–Crippen LogP) is 2.44. The van der Waals surface area contributed by atoms with E-state index in [1.807, 2.05) is 6.92 Å². The molecule has 0 fully saturated rings. The summed E-state index contributed by atoms with van der Waals surface area (Å²) >= 11 is 0. The van der Waals surface area contributed by atoms with Gasteiger partial charge < -0.3 is 11.1 Å². The third-order valence-electron chi connectivity index (χ3n) is 3.24. The molecule has 5 N–H and O–H groups in total. The van der Waals surface area contributed by atoms with Crippen LogP contribution in [0, 0.1) is 12.3 Å². The summed E-state index contributed by atoms with van der Waals surface area (Å²) in [6.45, 7) is 1.87. The second-order valence-corrected chi connectivity index (χ2v) is 5.12. The first kappa shape index (κ1) is 16.2. The lowest BCUT2D eigenvalue weighted by atomic mass is 10.0. The summed E-state index contributed by atoms with van der Waals surface area (Å²) in [6.07, 6.45) is 0.366. The van der Waals surface area contributed by atoms with Gasteiger partial charge in [-0.05, 0) is 42.3 Å². The van der Waals surface area contributed by atoms with Crippen molar-refractivity contribution >= 4 is 23.5 Å². The molecule has 118 valence electrons. The van der Waals surface area contributed by atoms with Crippen molar-refractivity contribution in [3.63, 3.8) is 0 Å². The van der Waals surface area contributed by atoms with E-state index in [-0.39, 0.29) is 5.84 Å². The van der Waals surface area contributed by atoms with Gasteiger partial charge in [0.15, 0.2) is 0 Å². The van der Waals surface area contributed by atoms with Crippen LogP contribution >= 0.6 is 0 Å². The summed E-state index contributed by atoms with van der Waals surface area (Å²) in [5.74, 6) is -0.381. The number of urea groups is 1. The van der Waals surface area contributed by atoms with E-state index in [2.05, 4.69) is 10.6 Å². The highest BCUT2D eigenvalue weighted by Crippen LogP contribution is 2.15. The number of carbonyl (C=O) groups excluding carboxylic acids is 2. The number of amidine groups is 1. The Labute approximate surface area is 134 Å². The van der Waals surface area contributed by atoms with Gasteiger partial charge in [0.2, 0.25) is 0 Å². The maximum atomic E-state index is 11.9. The van der Waals surface area contributed by atoms with Crippen molar-refractivity contribution in [2.24, 2.45) is 5.73 Å². The maximum absolute atomic E-state index is 11.9. The highest BCUT2D eigenvalue weighted by atomic mass is 16.2. The monoisotopic (exact) mass is 310 g/mol. The van der Waals surface area contributed by atoms with Gasteiger partial charge in [-0.3, -0.25) is 15.5 Å². The first-order valence-electron chi connectivity index (χ1n) is 7.05. The SMILES string of the molecule is Cc1cc(NC(=O)NC(=O)c2ccccc2)ccc1CC(=N)N. The van der Waals surface area contributed by atoms with E-state index in [1.54, 1.807) is 48.5 Å². The van der Waals surface area contributed by atoms with Gasteiger partial charge in [-0.1, -0.05) is 24.3 Å². The molecule has 2 aromatic carbocycles. The molecule has 0 heterocycles. The Morgan fingerprint density at radius 3 is 2.43 bits per heavy atom. The average Bonchev–Trinajstić information content (AvgIpc) is 2.50. The summed E-state index contributed by atoms with van der Waals surface area (Å²) in [6, 6.07) is 13.2. The number of hydrogen-bond acceptors (Lipinski definition) is 3. The number of nitrogens with one attached hydrogen (secondary N) is 3. The minimum absolute atomic E-state index is 0.0833. The summed E-state index contributed by atoms with van der Waals surface area (Å²) in [4.78, 5) is 23.8. The van der Waals surface area contributed by atoms with Gasteiger partial charge in [0.1, 0.15) is 0 Å². The Morgan fingerprint density at radius 1 is 1.13 bits per heavy atom. The topological polar surface area (TPSA) is 108 Å². The fourth-order valence-electron chi connectivity index (χ4n) is 2.10. The molecule has 0 radical (unpaired) electrons. The van der Waals surface area contributed by atoms with E-state index in [4.69, 9.17) is 11.1 Å². The Balaban J connectivity index is 1.99. The molecule has 0 aliphatic heterocycles. The van der Waals surface area contributed by atoms with Crippen molar-refractivity contribution in [1.82, 2.24) is 5.32 Å². The van der Waals surface area contributed by atoms with Crippen molar-refractivity contribution in [3.8, 4) is 0 Å². The van der Waals surface area contributed by atoms with Crippen molar-refractivity contribution < 1.29 is 9.59 Å². The van der Waals surface area contributed by atoms with Crippen LogP contribution in [0.25, 0.3) is 0 Å². The number of imide groups is 1. The van der Waals surface area contributed by atoms with E-state index in [0.29, 0.717) is 17.7 Å². The number of anilines is 1. The minimum atomic E-state index is -0.599. The summed E-state index contributed by atoms with van der Waals surface area (Å²) in [7, 11) is 0. The van der Waals surface area contributed by atoms with Crippen LogP contribution in [0.2, 0.25) is 0 Å². The van der Waals surface area contributed by atoms with Crippen LogP contribution in [-0.4, -0.2) is 17.8 Å². The lowest BCUT2D eigenvalue weighted by Crippen LogP contribution is -2.34. The van der Waals surface area contributed by atoms with Gasteiger partial charge in [0.25, 0.3) is 5.91 Å². The molecule has 2 rings (SSSR count). The first-order valence-corrected chi connectivity index (χ1v) is 7.05. The van der Waals surface area contributed by atoms with E-state index >= 15 is 0 Å². The second-order valence-electron chi connectivity index (χ2n) is 5.12. The van der Waals surface area contributed by atoms with Crippen molar-refractivity contribution in [2.75, 3.05) is 5.32 Å². The van der Waals surface area contributed by atoms with E-state index < -0.39 is 11.9 Å². The molecule has 6 nitrogen and oxygen atoms in total. The van der Waals surface area contributed by atoms with Crippen LogP contribution in [0.5, 0.6) is 0 Å². The number of nitrogens with two attached hydrogens (primary N) is 1. The zero-order valence-electron chi connectivity index (χ0n) is 12.7. The number of benzene rings is 2. The Morgan fingerprint density at radius 2 is 1.83 bits per heavy atom. The molecule has 0 atom stereocenters. The largest absolute Gasteiger partial charge is 0.387 e. The van der Waals surface area contributed by atoms with Crippen molar-refractivity contribution in [1.29, 1.82) is 5.41 Å². The van der Waals surface area contributed by atoms with Crippen LogP contribution < -0.4 is 16.4 Å². The number of hydrogen-bond donors (Lipinski definition) is 4. The molecule has 6 heteroatoms. The number of amides is 3. The van der Waals surface area contributed by atoms with Crippen LogP contribution in [0.15, 0.2) is 48.5 Å². The van der Waals surface area contributed by atoms with Crippen LogP contribution in [0.4, 0.5) is 10.5 Å². The Hall–Kier alpha value is -3.15. The van der Waals surface area contributed by atoms with Gasteiger partial charge in [0.05, 0.1) is 5.84 Å². The molecule has 0 spiro atoms. The second kappa shape index (κ2) is 7.22. The maximum Gasteiger partial charge on any atom is 0.326 e. The fourth-order valence-corrected chi connectivity index (χ4v) is 2.10. The number of carbonyl (C=O) groups is 2. The third-order valence-corrected chi connectivity index (χ3v) is 3.24. The van der Waals surface area contributed by atoms with Crippen molar-refractivity contribution in [3.05, 3.63) is 65.2 Å². The fraction of sp³-hybridized carbons (Fsp3) is 0.118. The number of rotatable bonds is 4. The molecule has 0 aliphatic rings. The zero-order valence-corrected chi connectivity index (χ0v) is 12.7. The zero-order chi connectivity index (χ0) is 16.8. The molecule has 2 aromatic rings. The molecule has 0 aliphatic carbocycles. The van der Waals surface area contributed by atoms with Gasteiger partial charge in [0, 0.05) is 17.7 Å². The van der Waals surface area contributed by atoms with E-state index in [0.717, 1.165) is 11.1 Å². The molecular weight excluding hydrogens is 292 g/mol. The molecular formula is C17H18N4O2. The summed E-state index contributed by atoms with van der Waals surface area (Å²) < 4.78 is 0. The third kappa shape index (κ3) is 4.67. The van der Waals surface area contributed by atoms with Gasteiger partial charge in [-0.15, -0.1) is 0 Å². The highest BCUT2D eigenvalue weighted by Gasteiger charge is 2.10. The molecule has 0 unspecified atom stereocenters. The smallest absolute Gasteiger partial charge is 0.326 e. The summed E-state index contributed by atoms with van der Waals surface area (Å²) in [5, 5.41) is 12.2. The molecule has 0 bridgehead atoms. The van der Waals surface area contributed by atoms with Crippen LogP contribution in [0.1, 0.15) is 21.5 Å². The minimum Gasteiger partial charge on any atom is -0.387 e. The number of aryl methyl sites for hydroxylation is 1. The molecule has 0 aromatic heterocycles. The average molecular weight is 310 g/mol. The molecule has 0 saturated carbocycles. The molecule has 23 heavy (non-hydrogen) atoms. The normalized spacial score (nSPS) is 9.96. The Kier molecular flexibility index (Phi) is 5.09. The highest BCUT2D eigenvalue weighted by molar-refractivity contribution is 6.07. The first-order chi connectivity index (χ1) is 11.0. The van der Waals surface area contributed by atoms with Gasteiger partial charge >= 0.3 is 6.03 Å². The van der Waals surface area contributed by atoms with E-state index in [1.165, 1.54) is 0 Å². The Bertz CT molecular complexity index is 742. The predicted molar refractivity (Wildman–Crippen MR) is 89.7 cm³/mol. The van der Waals surface area contributed by atoms with Crippen LogP contribution in [0.3, 0.4) is 0 Å². The van der Waals surface area contributed by atoms with E-state index in [9.17, 15) is 9.59 Å². The standard InChI is InChI=1S/C17H18N4O2/c1-11-9-14(8-7-13(11)10-15(18)19)20-17(23)21-16(22)12-5-3-2-4-6-12/h2-9H,10H2,1H3,(H3,18,19)(H2,20,21,22,23). The quantitative estimate of drug-likeness (QED) is 0.514. The lowest BCUT2D eigenvalue weighted by molar-refractivity contribution is 0.0967. The lowest BCUT2D eigenvalue weighted by Gasteiger charge is -2.10. The molecule has 0 saturated heterocycles. The molecule has 3 amide bonds. The van der Waals surface area contributed by atoms with Gasteiger partial charge in [-0.2, -0.15) is 0 Å². The van der Waals surface area contributed by atoms with Crippen molar-refractivity contribution in [2.45, 2.75) is 13.3 Å². The van der Waals surface area contributed by atoms with Gasteiger partial charge in [-0.25, -0.2) is 4.79 Å².